The molecule has 3 amide bonds. The summed E-state index contributed by atoms with van der Waals surface area (Å²) in [5.41, 5.74) is 3.21. The fourth-order valence-electron chi connectivity index (χ4n) is 3.86. The van der Waals surface area contributed by atoms with Gasteiger partial charge >= 0.3 is 6.03 Å². The van der Waals surface area contributed by atoms with Gasteiger partial charge in [-0.1, -0.05) is 37.1 Å². The molecule has 0 aliphatic carbocycles. The van der Waals surface area contributed by atoms with Crippen LogP contribution in [0.1, 0.15) is 35.7 Å². The van der Waals surface area contributed by atoms with Crippen molar-refractivity contribution in [3.63, 3.8) is 0 Å². The molecule has 3 heterocycles. The molecule has 31 heavy (non-hydrogen) atoms. The number of aromatic nitrogens is 2. The standard InChI is InChI=1S/C23H24ClN5O2/c1-3-4-11-28-12-13-29(23(28)31)20-15(2)14-26-19-16(20)7-5-9-18(19)27-22(30)17-8-6-10-25-21(17)24/h5-10,14H,3-4,11-13H2,1-2H3,(H,27,30). The third kappa shape index (κ3) is 4.05. The number of nitrogens with zero attached hydrogens (tertiary/aromatic N) is 4. The molecule has 1 N–H and O–H groups in total. The van der Waals surface area contributed by atoms with Crippen molar-refractivity contribution < 1.29 is 9.59 Å². The van der Waals surface area contributed by atoms with Gasteiger partial charge in [-0.05, 0) is 37.1 Å². The summed E-state index contributed by atoms with van der Waals surface area (Å²) in [6.07, 6.45) is 5.31. The van der Waals surface area contributed by atoms with Crippen LogP contribution in [0.2, 0.25) is 5.15 Å². The highest BCUT2D eigenvalue weighted by Crippen LogP contribution is 2.35. The van der Waals surface area contributed by atoms with Crippen LogP contribution in [0.4, 0.5) is 16.2 Å². The minimum atomic E-state index is -0.363. The van der Waals surface area contributed by atoms with Crippen LogP contribution >= 0.6 is 11.6 Å². The van der Waals surface area contributed by atoms with E-state index in [2.05, 4.69) is 22.2 Å². The SMILES string of the molecule is CCCCN1CCN(c2c(C)cnc3c(NC(=O)c4cccnc4Cl)cccc23)C1=O. The first kappa shape index (κ1) is 21.1. The number of unbranched alkanes of at least 4 members (excludes halogenated alkanes) is 1. The number of pyridine rings is 2. The van der Waals surface area contributed by atoms with Gasteiger partial charge in [0, 0.05) is 37.4 Å². The van der Waals surface area contributed by atoms with Crippen molar-refractivity contribution in [3.8, 4) is 0 Å². The fraction of sp³-hybridized carbons (Fsp3) is 0.304. The third-order valence-electron chi connectivity index (χ3n) is 5.45. The molecule has 1 aliphatic rings. The lowest BCUT2D eigenvalue weighted by molar-refractivity contribution is 0.102. The Labute approximate surface area is 186 Å². The second kappa shape index (κ2) is 8.89. The Morgan fingerprint density at radius 3 is 2.81 bits per heavy atom. The van der Waals surface area contributed by atoms with E-state index in [1.807, 2.05) is 28.9 Å². The van der Waals surface area contributed by atoms with E-state index in [9.17, 15) is 9.59 Å². The van der Waals surface area contributed by atoms with Gasteiger partial charge in [-0.3, -0.25) is 14.7 Å². The number of para-hydroxylation sites is 1. The molecule has 1 aromatic carbocycles. The van der Waals surface area contributed by atoms with Gasteiger partial charge in [0.2, 0.25) is 0 Å². The van der Waals surface area contributed by atoms with Crippen molar-refractivity contribution in [1.29, 1.82) is 0 Å². The van der Waals surface area contributed by atoms with E-state index < -0.39 is 0 Å². The van der Waals surface area contributed by atoms with E-state index >= 15 is 0 Å². The van der Waals surface area contributed by atoms with E-state index in [0.29, 0.717) is 24.3 Å². The molecule has 1 aliphatic heterocycles. The van der Waals surface area contributed by atoms with Crippen molar-refractivity contribution >= 4 is 45.8 Å². The zero-order chi connectivity index (χ0) is 22.0. The molecule has 1 fully saturated rings. The maximum atomic E-state index is 13.0. The Morgan fingerprint density at radius 1 is 1.19 bits per heavy atom. The van der Waals surface area contributed by atoms with E-state index in [1.54, 1.807) is 24.4 Å². The van der Waals surface area contributed by atoms with E-state index in [1.165, 1.54) is 6.20 Å². The molecule has 7 nitrogen and oxygen atoms in total. The Morgan fingerprint density at radius 2 is 2.03 bits per heavy atom. The highest BCUT2D eigenvalue weighted by atomic mass is 35.5. The Kier molecular flexibility index (Phi) is 6.04. The Bertz CT molecular complexity index is 1150. The number of aryl methyl sites for hydroxylation is 1. The number of benzene rings is 1. The molecule has 160 valence electrons. The first-order valence-electron chi connectivity index (χ1n) is 10.4. The van der Waals surface area contributed by atoms with Gasteiger partial charge in [-0.25, -0.2) is 9.78 Å². The summed E-state index contributed by atoms with van der Waals surface area (Å²) in [5.74, 6) is -0.363. The van der Waals surface area contributed by atoms with E-state index in [4.69, 9.17) is 11.6 Å². The summed E-state index contributed by atoms with van der Waals surface area (Å²) in [7, 11) is 0. The maximum Gasteiger partial charge on any atom is 0.324 e. The summed E-state index contributed by atoms with van der Waals surface area (Å²) in [5, 5.41) is 3.85. The third-order valence-corrected chi connectivity index (χ3v) is 5.75. The van der Waals surface area contributed by atoms with Crippen LogP contribution < -0.4 is 10.2 Å². The number of fused-ring (bicyclic) bond motifs is 1. The molecule has 0 atom stereocenters. The number of carbonyl (C=O) groups is 2. The quantitative estimate of drug-likeness (QED) is 0.557. The van der Waals surface area contributed by atoms with Gasteiger partial charge in [-0.2, -0.15) is 0 Å². The van der Waals surface area contributed by atoms with Crippen molar-refractivity contribution in [3.05, 3.63) is 59.0 Å². The van der Waals surface area contributed by atoms with Crippen LogP contribution in [0.25, 0.3) is 10.9 Å². The van der Waals surface area contributed by atoms with Crippen molar-refractivity contribution in [1.82, 2.24) is 14.9 Å². The molecule has 0 bridgehead atoms. The lowest BCUT2D eigenvalue weighted by atomic mass is 10.1. The largest absolute Gasteiger partial charge is 0.324 e. The molecule has 0 unspecified atom stereocenters. The lowest BCUT2D eigenvalue weighted by Gasteiger charge is -2.22. The highest BCUT2D eigenvalue weighted by molar-refractivity contribution is 6.33. The Balaban J connectivity index is 1.70. The van der Waals surface area contributed by atoms with Gasteiger partial charge < -0.3 is 10.2 Å². The zero-order valence-electron chi connectivity index (χ0n) is 17.6. The molecule has 8 heteroatoms. The molecule has 1 saturated heterocycles. The maximum absolute atomic E-state index is 13.0. The number of halogens is 1. The van der Waals surface area contributed by atoms with Crippen LogP contribution in [-0.4, -0.2) is 46.4 Å². The molecule has 3 aromatic rings. The van der Waals surface area contributed by atoms with Crippen LogP contribution in [0.3, 0.4) is 0 Å². The molecule has 0 radical (unpaired) electrons. The van der Waals surface area contributed by atoms with Gasteiger partial charge in [-0.15, -0.1) is 0 Å². The van der Waals surface area contributed by atoms with Crippen molar-refractivity contribution in [2.75, 3.05) is 29.9 Å². The Hall–Kier alpha value is -3.19. The minimum Gasteiger partial charge on any atom is -0.323 e. The van der Waals surface area contributed by atoms with Crippen molar-refractivity contribution in [2.24, 2.45) is 0 Å². The number of hydrogen-bond donors (Lipinski definition) is 1. The minimum absolute atomic E-state index is 0.0145. The van der Waals surface area contributed by atoms with Gasteiger partial charge in [0.15, 0.2) is 0 Å². The summed E-state index contributed by atoms with van der Waals surface area (Å²) in [6, 6.07) is 8.86. The fourth-order valence-corrected chi connectivity index (χ4v) is 4.06. The summed E-state index contributed by atoms with van der Waals surface area (Å²) in [6.45, 7) is 6.17. The second-order valence-electron chi connectivity index (χ2n) is 7.56. The molecular weight excluding hydrogens is 414 g/mol. The van der Waals surface area contributed by atoms with Crippen LogP contribution in [0, 0.1) is 6.92 Å². The van der Waals surface area contributed by atoms with Crippen LogP contribution in [-0.2, 0) is 0 Å². The lowest BCUT2D eigenvalue weighted by Crippen LogP contribution is -2.33. The summed E-state index contributed by atoms with van der Waals surface area (Å²) < 4.78 is 0. The van der Waals surface area contributed by atoms with E-state index in [0.717, 1.165) is 36.0 Å². The number of anilines is 2. The monoisotopic (exact) mass is 437 g/mol. The van der Waals surface area contributed by atoms with Gasteiger partial charge in [0.1, 0.15) is 5.15 Å². The predicted octanol–water partition coefficient (Wildman–Crippen LogP) is 4.89. The van der Waals surface area contributed by atoms with Crippen LogP contribution in [0.5, 0.6) is 0 Å². The predicted molar refractivity (Wildman–Crippen MR) is 123 cm³/mol. The van der Waals surface area contributed by atoms with Crippen LogP contribution in [0.15, 0.2) is 42.7 Å². The summed E-state index contributed by atoms with van der Waals surface area (Å²) >= 11 is 6.07. The molecule has 0 saturated carbocycles. The van der Waals surface area contributed by atoms with Gasteiger partial charge in [0.05, 0.1) is 22.5 Å². The summed E-state index contributed by atoms with van der Waals surface area (Å²) in [4.78, 5) is 38.0. The van der Waals surface area contributed by atoms with E-state index in [-0.39, 0.29) is 22.7 Å². The number of amides is 3. The zero-order valence-corrected chi connectivity index (χ0v) is 18.3. The first-order chi connectivity index (χ1) is 15.0. The molecular formula is C23H24ClN5O2. The first-order valence-corrected chi connectivity index (χ1v) is 10.8. The number of hydrogen-bond acceptors (Lipinski definition) is 4. The van der Waals surface area contributed by atoms with Gasteiger partial charge in [0.25, 0.3) is 5.91 Å². The number of rotatable bonds is 6. The molecule has 0 spiro atoms. The normalized spacial score (nSPS) is 13.8. The number of urea groups is 1. The van der Waals surface area contributed by atoms with Crippen molar-refractivity contribution in [2.45, 2.75) is 26.7 Å². The number of carbonyl (C=O) groups excluding carboxylic acids is 2. The topological polar surface area (TPSA) is 78.4 Å². The highest BCUT2D eigenvalue weighted by Gasteiger charge is 2.31. The molecule has 2 aromatic heterocycles. The smallest absolute Gasteiger partial charge is 0.323 e. The second-order valence-corrected chi connectivity index (χ2v) is 7.92. The average Bonchev–Trinajstić information content (AvgIpc) is 3.12. The molecule has 4 rings (SSSR count). The average molecular weight is 438 g/mol. The number of nitrogens with one attached hydrogen (secondary N) is 1.